The summed E-state index contributed by atoms with van der Waals surface area (Å²) < 4.78 is 54.7. The molecular formula is C18H18N4O4S2. The SMILES string of the molecule is Cc1ccc(C)c(S(=O)(=O)Nc2ccc(S(=O)(=O)Nc3ncccn3)cc2)c1. The van der Waals surface area contributed by atoms with Crippen molar-refractivity contribution in [2.75, 3.05) is 9.44 Å². The maximum absolute atomic E-state index is 12.6. The number of anilines is 2. The lowest BCUT2D eigenvalue weighted by atomic mass is 10.2. The first-order valence-corrected chi connectivity index (χ1v) is 11.1. The van der Waals surface area contributed by atoms with Crippen molar-refractivity contribution < 1.29 is 16.8 Å². The number of hydrogen-bond acceptors (Lipinski definition) is 6. The van der Waals surface area contributed by atoms with E-state index >= 15 is 0 Å². The zero-order valence-electron chi connectivity index (χ0n) is 15.1. The maximum atomic E-state index is 12.6. The van der Waals surface area contributed by atoms with Gasteiger partial charge in [0, 0.05) is 18.1 Å². The van der Waals surface area contributed by atoms with Crippen LogP contribution in [-0.2, 0) is 20.0 Å². The van der Waals surface area contributed by atoms with Crippen molar-refractivity contribution in [1.29, 1.82) is 0 Å². The van der Waals surface area contributed by atoms with E-state index in [0.717, 1.165) is 5.56 Å². The summed E-state index contributed by atoms with van der Waals surface area (Å²) in [5, 5.41) is 0. The fourth-order valence-corrected chi connectivity index (χ4v) is 4.79. The number of sulfonamides is 2. The first-order chi connectivity index (χ1) is 13.2. The molecule has 10 heteroatoms. The summed E-state index contributed by atoms with van der Waals surface area (Å²) >= 11 is 0. The molecule has 2 aromatic carbocycles. The van der Waals surface area contributed by atoms with E-state index in [1.165, 1.54) is 36.7 Å². The highest BCUT2D eigenvalue weighted by Crippen LogP contribution is 2.22. The lowest BCUT2D eigenvalue weighted by Gasteiger charge is -2.12. The third kappa shape index (κ3) is 4.46. The van der Waals surface area contributed by atoms with E-state index in [1.807, 2.05) is 13.0 Å². The Labute approximate surface area is 163 Å². The molecule has 146 valence electrons. The van der Waals surface area contributed by atoms with Crippen molar-refractivity contribution in [3.8, 4) is 0 Å². The van der Waals surface area contributed by atoms with Gasteiger partial charge in [0.2, 0.25) is 5.95 Å². The molecule has 0 aliphatic rings. The van der Waals surface area contributed by atoms with Crippen molar-refractivity contribution in [2.45, 2.75) is 23.6 Å². The molecule has 28 heavy (non-hydrogen) atoms. The minimum absolute atomic E-state index is 0.0466. The highest BCUT2D eigenvalue weighted by Gasteiger charge is 2.19. The molecule has 0 aliphatic carbocycles. The second-order valence-electron chi connectivity index (χ2n) is 6.08. The average Bonchev–Trinajstić information content (AvgIpc) is 2.64. The van der Waals surface area contributed by atoms with E-state index in [0.29, 0.717) is 5.56 Å². The third-order valence-electron chi connectivity index (χ3n) is 3.84. The maximum Gasteiger partial charge on any atom is 0.264 e. The van der Waals surface area contributed by atoms with Crippen LogP contribution >= 0.6 is 0 Å². The van der Waals surface area contributed by atoms with Gasteiger partial charge in [-0.15, -0.1) is 0 Å². The van der Waals surface area contributed by atoms with Crippen LogP contribution in [0.1, 0.15) is 11.1 Å². The molecule has 0 atom stereocenters. The summed E-state index contributed by atoms with van der Waals surface area (Å²) in [6, 6.07) is 12.1. The number of rotatable bonds is 6. The van der Waals surface area contributed by atoms with Gasteiger partial charge in [-0.2, -0.15) is 0 Å². The molecule has 0 saturated heterocycles. The molecule has 1 heterocycles. The number of nitrogens with zero attached hydrogens (tertiary/aromatic N) is 2. The topological polar surface area (TPSA) is 118 Å². The van der Waals surface area contributed by atoms with Gasteiger partial charge in [0.1, 0.15) is 0 Å². The second kappa shape index (κ2) is 7.56. The quantitative estimate of drug-likeness (QED) is 0.635. The molecule has 0 unspecified atom stereocenters. The second-order valence-corrected chi connectivity index (χ2v) is 9.41. The fourth-order valence-electron chi connectivity index (χ4n) is 2.44. The van der Waals surface area contributed by atoms with Crippen molar-refractivity contribution in [3.63, 3.8) is 0 Å². The van der Waals surface area contributed by atoms with Crippen LogP contribution in [-0.4, -0.2) is 26.8 Å². The average molecular weight is 419 g/mol. The molecule has 8 nitrogen and oxygen atoms in total. The summed E-state index contributed by atoms with van der Waals surface area (Å²) in [5.74, 6) is -0.0535. The van der Waals surface area contributed by atoms with Crippen LogP contribution in [0.25, 0.3) is 0 Å². The Morgan fingerprint density at radius 2 is 1.43 bits per heavy atom. The first-order valence-electron chi connectivity index (χ1n) is 8.17. The zero-order valence-corrected chi connectivity index (χ0v) is 16.8. The van der Waals surface area contributed by atoms with Crippen molar-refractivity contribution in [3.05, 3.63) is 72.1 Å². The Morgan fingerprint density at radius 3 is 2.07 bits per heavy atom. The van der Waals surface area contributed by atoms with Crippen LogP contribution in [0, 0.1) is 13.8 Å². The molecule has 0 radical (unpaired) electrons. The minimum atomic E-state index is -3.89. The molecule has 0 aliphatic heterocycles. The molecule has 1 aromatic heterocycles. The summed E-state index contributed by atoms with van der Waals surface area (Å²) in [6.07, 6.45) is 2.83. The molecule has 0 fully saturated rings. The highest BCUT2D eigenvalue weighted by molar-refractivity contribution is 7.93. The molecule has 0 amide bonds. The van der Waals surface area contributed by atoms with Gasteiger partial charge in [-0.25, -0.2) is 31.5 Å². The van der Waals surface area contributed by atoms with Gasteiger partial charge in [-0.1, -0.05) is 12.1 Å². The number of aromatic nitrogens is 2. The Bertz CT molecular complexity index is 1190. The smallest absolute Gasteiger partial charge is 0.264 e. The van der Waals surface area contributed by atoms with Gasteiger partial charge in [-0.3, -0.25) is 4.72 Å². The van der Waals surface area contributed by atoms with E-state index in [4.69, 9.17) is 0 Å². The number of benzene rings is 2. The molecular weight excluding hydrogens is 400 g/mol. The Hall–Kier alpha value is -2.98. The summed E-state index contributed by atoms with van der Waals surface area (Å²) in [5.41, 5.74) is 1.68. The van der Waals surface area contributed by atoms with Crippen molar-refractivity contribution >= 4 is 31.7 Å². The zero-order chi connectivity index (χ0) is 20.4. The molecule has 3 aromatic rings. The number of hydrogen-bond donors (Lipinski definition) is 2. The van der Waals surface area contributed by atoms with Crippen LogP contribution < -0.4 is 9.44 Å². The Kier molecular flexibility index (Phi) is 5.34. The van der Waals surface area contributed by atoms with Gasteiger partial charge in [0.15, 0.2) is 0 Å². The van der Waals surface area contributed by atoms with Gasteiger partial charge in [-0.05, 0) is 61.4 Å². The van der Waals surface area contributed by atoms with Gasteiger partial charge >= 0.3 is 0 Å². The van der Waals surface area contributed by atoms with E-state index in [1.54, 1.807) is 25.1 Å². The monoisotopic (exact) mass is 418 g/mol. The fraction of sp³-hybridized carbons (Fsp3) is 0.111. The summed E-state index contributed by atoms with van der Waals surface area (Å²) in [7, 11) is -7.69. The molecule has 3 rings (SSSR count). The highest BCUT2D eigenvalue weighted by atomic mass is 32.2. The Balaban J connectivity index is 1.82. The predicted octanol–water partition coefficient (Wildman–Crippen LogP) is 2.70. The number of aryl methyl sites for hydroxylation is 2. The lowest BCUT2D eigenvalue weighted by molar-refractivity contribution is 0.599. The predicted molar refractivity (Wildman–Crippen MR) is 106 cm³/mol. The summed E-state index contributed by atoms with van der Waals surface area (Å²) in [6.45, 7) is 3.52. The van der Waals surface area contributed by atoms with E-state index in [-0.39, 0.29) is 21.4 Å². The van der Waals surface area contributed by atoms with Crippen molar-refractivity contribution in [2.24, 2.45) is 0 Å². The van der Waals surface area contributed by atoms with Crippen molar-refractivity contribution in [1.82, 2.24) is 9.97 Å². The molecule has 0 saturated carbocycles. The van der Waals surface area contributed by atoms with Crippen LogP contribution in [0.2, 0.25) is 0 Å². The summed E-state index contributed by atoms with van der Waals surface area (Å²) in [4.78, 5) is 7.75. The number of nitrogens with one attached hydrogen (secondary N) is 2. The largest absolute Gasteiger partial charge is 0.280 e. The van der Waals surface area contributed by atoms with Gasteiger partial charge in [0.25, 0.3) is 20.0 Å². The van der Waals surface area contributed by atoms with Crippen LogP contribution in [0.5, 0.6) is 0 Å². The molecule has 0 bridgehead atoms. The van der Waals surface area contributed by atoms with E-state index in [9.17, 15) is 16.8 Å². The standard InChI is InChI=1S/C18H18N4O4S2/c1-13-4-5-14(2)17(12-13)28(25,26)21-15-6-8-16(9-7-15)27(23,24)22-18-19-10-3-11-20-18/h3-12,21H,1-2H3,(H,19,20,22). The van der Waals surface area contributed by atoms with Crippen LogP contribution in [0.15, 0.2) is 70.7 Å². The normalized spacial score (nSPS) is 11.8. The van der Waals surface area contributed by atoms with E-state index in [2.05, 4.69) is 19.4 Å². The van der Waals surface area contributed by atoms with Gasteiger partial charge in [0.05, 0.1) is 9.79 Å². The van der Waals surface area contributed by atoms with Gasteiger partial charge < -0.3 is 0 Å². The van der Waals surface area contributed by atoms with Crippen LogP contribution in [0.4, 0.5) is 11.6 Å². The first kappa shape index (κ1) is 19.8. The third-order valence-corrected chi connectivity index (χ3v) is 6.71. The Morgan fingerprint density at radius 1 is 0.786 bits per heavy atom. The minimum Gasteiger partial charge on any atom is -0.280 e. The molecule has 0 spiro atoms. The van der Waals surface area contributed by atoms with E-state index < -0.39 is 20.0 Å². The molecule has 2 N–H and O–H groups in total. The van der Waals surface area contributed by atoms with Crippen LogP contribution in [0.3, 0.4) is 0 Å². The lowest BCUT2D eigenvalue weighted by Crippen LogP contribution is -2.16.